The molecule has 0 amide bonds. The first-order chi connectivity index (χ1) is 8.13. The fourth-order valence-electron chi connectivity index (χ4n) is 2.56. The van der Waals surface area contributed by atoms with Crippen molar-refractivity contribution in [2.75, 3.05) is 13.2 Å². The molecule has 2 atom stereocenters. The lowest BCUT2D eigenvalue weighted by Crippen LogP contribution is -2.43. The van der Waals surface area contributed by atoms with E-state index in [1.807, 2.05) is 11.7 Å². The SMILES string of the molecule is Cc1nn(C)c(C)c1CC(NN)C1CCOC1. The average Bonchev–Trinajstić information content (AvgIpc) is 2.89. The van der Waals surface area contributed by atoms with Crippen molar-refractivity contribution < 1.29 is 4.74 Å². The molecule has 2 heterocycles. The van der Waals surface area contributed by atoms with Crippen LogP contribution >= 0.6 is 0 Å². The fraction of sp³-hybridized carbons (Fsp3) is 0.750. The number of aromatic nitrogens is 2. The number of hydrogen-bond donors (Lipinski definition) is 2. The van der Waals surface area contributed by atoms with E-state index < -0.39 is 0 Å². The smallest absolute Gasteiger partial charge is 0.0628 e. The Kier molecular flexibility index (Phi) is 3.81. The van der Waals surface area contributed by atoms with Gasteiger partial charge in [-0.2, -0.15) is 5.10 Å². The number of nitrogens with two attached hydrogens (primary N) is 1. The van der Waals surface area contributed by atoms with E-state index in [0.29, 0.717) is 5.92 Å². The van der Waals surface area contributed by atoms with Crippen LogP contribution in [0, 0.1) is 19.8 Å². The first kappa shape index (κ1) is 12.5. The Balaban J connectivity index is 2.12. The Hall–Kier alpha value is -0.910. The highest BCUT2D eigenvalue weighted by Crippen LogP contribution is 2.22. The lowest BCUT2D eigenvalue weighted by atomic mass is 9.92. The summed E-state index contributed by atoms with van der Waals surface area (Å²) in [6, 6.07) is 0.277. The van der Waals surface area contributed by atoms with Gasteiger partial charge in [0.05, 0.1) is 12.3 Å². The van der Waals surface area contributed by atoms with Gasteiger partial charge in [-0.05, 0) is 32.3 Å². The van der Waals surface area contributed by atoms with E-state index in [1.165, 1.54) is 11.3 Å². The second kappa shape index (κ2) is 5.16. The third-order valence-electron chi connectivity index (χ3n) is 3.83. The summed E-state index contributed by atoms with van der Waals surface area (Å²) in [7, 11) is 1.98. The molecular formula is C12H22N4O. The summed E-state index contributed by atoms with van der Waals surface area (Å²) in [5, 5.41) is 4.44. The molecular weight excluding hydrogens is 216 g/mol. The zero-order chi connectivity index (χ0) is 12.4. The molecule has 0 radical (unpaired) electrons. The third-order valence-corrected chi connectivity index (χ3v) is 3.83. The van der Waals surface area contributed by atoms with Gasteiger partial charge in [-0.15, -0.1) is 0 Å². The van der Waals surface area contributed by atoms with E-state index >= 15 is 0 Å². The van der Waals surface area contributed by atoms with Crippen molar-refractivity contribution in [1.82, 2.24) is 15.2 Å². The molecule has 5 heteroatoms. The van der Waals surface area contributed by atoms with Crippen molar-refractivity contribution in [3.63, 3.8) is 0 Å². The maximum absolute atomic E-state index is 5.67. The molecule has 1 aromatic heterocycles. The molecule has 2 rings (SSSR count). The quantitative estimate of drug-likeness (QED) is 0.590. The van der Waals surface area contributed by atoms with Gasteiger partial charge in [0.1, 0.15) is 0 Å². The number of hydrogen-bond acceptors (Lipinski definition) is 4. The number of hydrazine groups is 1. The third kappa shape index (κ3) is 2.51. The zero-order valence-corrected chi connectivity index (χ0v) is 10.9. The van der Waals surface area contributed by atoms with Gasteiger partial charge in [0.15, 0.2) is 0 Å². The molecule has 0 bridgehead atoms. The molecule has 1 fully saturated rings. The highest BCUT2D eigenvalue weighted by atomic mass is 16.5. The Morgan fingerprint density at radius 3 is 2.82 bits per heavy atom. The molecule has 2 unspecified atom stereocenters. The van der Waals surface area contributed by atoms with Gasteiger partial charge in [0, 0.05) is 31.3 Å². The first-order valence-electron chi connectivity index (χ1n) is 6.16. The molecule has 0 aromatic carbocycles. The van der Waals surface area contributed by atoms with E-state index in [0.717, 1.165) is 31.7 Å². The average molecular weight is 238 g/mol. The molecule has 0 aliphatic carbocycles. The van der Waals surface area contributed by atoms with Gasteiger partial charge < -0.3 is 4.74 Å². The summed E-state index contributed by atoms with van der Waals surface area (Å²) in [5.74, 6) is 6.19. The van der Waals surface area contributed by atoms with Crippen LogP contribution in [0.1, 0.15) is 23.4 Å². The summed E-state index contributed by atoms with van der Waals surface area (Å²) >= 11 is 0. The van der Waals surface area contributed by atoms with Crippen LogP contribution in [0.2, 0.25) is 0 Å². The molecule has 1 aromatic rings. The van der Waals surface area contributed by atoms with Crippen molar-refractivity contribution in [1.29, 1.82) is 0 Å². The predicted molar refractivity (Wildman–Crippen MR) is 66.4 cm³/mol. The summed E-state index contributed by atoms with van der Waals surface area (Å²) in [6.45, 7) is 5.83. The highest BCUT2D eigenvalue weighted by molar-refractivity contribution is 5.25. The maximum atomic E-state index is 5.67. The predicted octanol–water partition coefficient (Wildman–Crippen LogP) is 0.448. The second-order valence-corrected chi connectivity index (χ2v) is 4.87. The lowest BCUT2D eigenvalue weighted by Gasteiger charge is -2.21. The minimum atomic E-state index is 0.277. The molecule has 17 heavy (non-hydrogen) atoms. The van der Waals surface area contributed by atoms with Gasteiger partial charge in [-0.1, -0.05) is 0 Å². The molecule has 0 spiro atoms. The Bertz CT molecular complexity index is 382. The van der Waals surface area contributed by atoms with E-state index in [1.54, 1.807) is 0 Å². The summed E-state index contributed by atoms with van der Waals surface area (Å²) < 4.78 is 7.36. The van der Waals surface area contributed by atoms with Crippen LogP contribution < -0.4 is 11.3 Å². The molecule has 0 saturated carbocycles. The van der Waals surface area contributed by atoms with Crippen LogP contribution in [0.4, 0.5) is 0 Å². The number of aryl methyl sites for hydroxylation is 2. The van der Waals surface area contributed by atoms with Crippen LogP contribution in [-0.4, -0.2) is 29.0 Å². The van der Waals surface area contributed by atoms with Gasteiger partial charge >= 0.3 is 0 Å². The molecule has 3 N–H and O–H groups in total. The van der Waals surface area contributed by atoms with Crippen molar-refractivity contribution in [3.05, 3.63) is 17.0 Å². The van der Waals surface area contributed by atoms with Crippen LogP contribution in [0.3, 0.4) is 0 Å². The Labute approximate surface area is 102 Å². The van der Waals surface area contributed by atoms with Crippen molar-refractivity contribution >= 4 is 0 Å². The summed E-state index contributed by atoms with van der Waals surface area (Å²) in [6.07, 6.45) is 2.02. The normalized spacial score (nSPS) is 22.0. The van der Waals surface area contributed by atoms with Crippen molar-refractivity contribution in [2.45, 2.75) is 32.7 Å². The number of nitrogens with zero attached hydrogens (tertiary/aromatic N) is 2. The monoisotopic (exact) mass is 238 g/mol. The standard InChI is InChI=1S/C12H22N4O/c1-8-11(9(2)16(3)15-8)6-12(14-13)10-4-5-17-7-10/h10,12,14H,4-7,13H2,1-3H3. The van der Waals surface area contributed by atoms with Gasteiger partial charge in [-0.3, -0.25) is 16.0 Å². The Morgan fingerprint density at radius 1 is 1.59 bits per heavy atom. The minimum Gasteiger partial charge on any atom is -0.381 e. The fourth-order valence-corrected chi connectivity index (χ4v) is 2.56. The highest BCUT2D eigenvalue weighted by Gasteiger charge is 2.26. The molecule has 1 aliphatic heterocycles. The molecule has 1 aliphatic rings. The summed E-state index contributed by atoms with van der Waals surface area (Å²) in [5.41, 5.74) is 6.57. The van der Waals surface area contributed by atoms with E-state index in [2.05, 4.69) is 24.4 Å². The van der Waals surface area contributed by atoms with E-state index in [-0.39, 0.29) is 6.04 Å². The summed E-state index contributed by atoms with van der Waals surface area (Å²) in [4.78, 5) is 0. The second-order valence-electron chi connectivity index (χ2n) is 4.87. The maximum Gasteiger partial charge on any atom is 0.0628 e. The first-order valence-corrected chi connectivity index (χ1v) is 6.16. The van der Waals surface area contributed by atoms with Gasteiger partial charge in [0.2, 0.25) is 0 Å². The van der Waals surface area contributed by atoms with Crippen molar-refractivity contribution in [3.8, 4) is 0 Å². The van der Waals surface area contributed by atoms with E-state index in [4.69, 9.17) is 10.6 Å². The molecule has 5 nitrogen and oxygen atoms in total. The van der Waals surface area contributed by atoms with Gasteiger partial charge in [-0.25, -0.2) is 0 Å². The number of rotatable bonds is 4. The molecule has 96 valence electrons. The largest absolute Gasteiger partial charge is 0.381 e. The number of nitrogens with one attached hydrogen (secondary N) is 1. The van der Waals surface area contributed by atoms with Crippen LogP contribution in [0.5, 0.6) is 0 Å². The van der Waals surface area contributed by atoms with E-state index in [9.17, 15) is 0 Å². The zero-order valence-electron chi connectivity index (χ0n) is 10.9. The van der Waals surface area contributed by atoms with Crippen LogP contribution in [0.15, 0.2) is 0 Å². The molecule has 1 saturated heterocycles. The topological polar surface area (TPSA) is 65.1 Å². The minimum absolute atomic E-state index is 0.277. The number of ether oxygens (including phenoxy) is 1. The Morgan fingerprint density at radius 2 is 2.35 bits per heavy atom. The van der Waals surface area contributed by atoms with Gasteiger partial charge in [0.25, 0.3) is 0 Å². The van der Waals surface area contributed by atoms with Crippen molar-refractivity contribution in [2.24, 2.45) is 18.8 Å². The van der Waals surface area contributed by atoms with Crippen LogP contribution in [0.25, 0.3) is 0 Å². The lowest BCUT2D eigenvalue weighted by molar-refractivity contribution is 0.176. The van der Waals surface area contributed by atoms with Crippen LogP contribution in [-0.2, 0) is 18.2 Å².